The second kappa shape index (κ2) is 18.5. The second-order valence-electron chi connectivity index (χ2n) is 9.45. The number of methoxy groups -OCH3 is 1. The van der Waals surface area contributed by atoms with Crippen molar-refractivity contribution in [1.29, 1.82) is 0 Å². The van der Waals surface area contributed by atoms with Crippen molar-refractivity contribution in [2.45, 2.75) is 105 Å². The van der Waals surface area contributed by atoms with Gasteiger partial charge in [-0.25, -0.2) is 14.8 Å². The summed E-state index contributed by atoms with van der Waals surface area (Å²) < 4.78 is 5.20. The van der Waals surface area contributed by atoms with Gasteiger partial charge < -0.3 is 19.9 Å². The molecule has 1 N–H and O–H groups in total. The van der Waals surface area contributed by atoms with Crippen LogP contribution < -0.4 is 10.1 Å². The van der Waals surface area contributed by atoms with Crippen LogP contribution >= 0.6 is 0 Å². The third-order valence-corrected chi connectivity index (χ3v) is 6.86. The summed E-state index contributed by atoms with van der Waals surface area (Å²) in [5.41, 5.74) is 0.948. The SMILES string of the molecule is CC.CC.CCCCCCN1CC2N(C(=O)CN(C)N2C(=O)NCc2ccc(OC)cc2)[C@@H](CCCC)C1=O. The summed E-state index contributed by atoms with van der Waals surface area (Å²) in [7, 11) is 3.37. The first-order chi connectivity index (χ1) is 18.9. The number of ether oxygens (including phenoxy) is 1. The van der Waals surface area contributed by atoms with Crippen molar-refractivity contribution in [3.8, 4) is 5.75 Å². The molecule has 0 bridgehead atoms. The van der Waals surface area contributed by atoms with E-state index in [0.29, 0.717) is 26.1 Å². The van der Waals surface area contributed by atoms with Crippen LogP contribution in [0, 0.1) is 0 Å². The molecule has 0 radical (unpaired) electrons. The Morgan fingerprint density at radius 3 is 2.21 bits per heavy atom. The van der Waals surface area contributed by atoms with Gasteiger partial charge in [0.1, 0.15) is 18.0 Å². The lowest BCUT2D eigenvalue weighted by Gasteiger charge is -2.54. The summed E-state index contributed by atoms with van der Waals surface area (Å²) in [6, 6.07) is 6.74. The molecule has 3 rings (SSSR count). The van der Waals surface area contributed by atoms with E-state index in [2.05, 4.69) is 19.2 Å². The van der Waals surface area contributed by atoms with Gasteiger partial charge >= 0.3 is 6.03 Å². The van der Waals surface area contributed by atoms with E-state index in [1.165, 1.54) is 0 Å². The van der Waals surface area contributed by atoms with Crippen LogP contribution in [-0.2, 0) is 16.1 Å². The number of unbranched alkanes of at least 4 members (excludes halogenated alkanes) is 4. The number of carbonyl (C=O) groups is 3. The van der Waals surface area contributed by atoms with Crippen molar-refractivity contribution in [3.05, 3.63) is 29.8 Å². The molecular formula is C30H53N5O4. The van der Waals surface area contributed by atoms with Crippen molar-refractivity contribution in [3.63, 3.8) is 0 Å². The molecule has 0 aromatic heterocycles. The Bertz CT molecular complexity index is 863. The lowest BCUT2D eigenvalue weighted by Crippen LogP contribution is -2.75. The van der Waals surface area contributed by atoms with Crippen LogP contribution in [0.4, 0.5) is 4.79 Å². The van der Waals surface area contributed by atoms with Gasteiger partial charge in [0, 0.05) is 20.1 Å². The average molecular weight is 548 g/mol. The molecule has 4 amide bonds. The van der Waals surface area contributed by atoms with E-state index in [1.54, 1.807) is 29.1 Å². The highest BCUT2D eigenvalue weighted by Gasteiger charge is 2.50. The number of hydrogen-bond acceptors (Lipinski definition) is 5. The summed E-state index contributed by atoms with van der Waals surface area (Å²) in [6.07, 6.45) is 6.17. The third kappa shape index (κ3) is 9.41. The second-order valence-corrected chi connectivity index (χ2v) is 9.45. The molecule has 1 aromatic rings. The number of piperazine rings is 1. The molecule has 0 aliphatic carbocycles. The van der Waals surface area contributed by atoms with E-state index in [1.807, 2.05) is 56.9 Å². The summed E-state index contributed by atoms with van der Waals surface area (Å²) in [5, 5.41) is 6.29. The molecule has 39 heavy (non-hydrogen) atoms. The maximum atomic E-state index is 13.4. The number of fused-ring (bicyclic) bond motifs is 1. The van der Waals surface area contributed by atoms with Gasteiger partial charge in [-0.15, -0.1) is 0 Å². The Kier molecular flexibility index (Phi) is 16.2. The summed E-state index contributed by atoms with van der Waals surface area (Å²) in [5.74, 6) is 0.675. The highest BCUT2D eigenvalue weighted by molar-refractivity contribution is 5.91. The fraction of sp³-hybridized carbons (Fsp3) is 0.700. The molecule has 222 valence electrons. The molecule has 2 saturated heterocycles. The first-order valence-corrected chi connectivity index (χ1v) is 14.9. The van der Waals surface area contributed by atoms with Crippen LogP contribution in [0.2, 0.25) is 0 Å². The van der Waals surface area contributed by atoms with Gasteiger partial charge in [-0.3, -0.25) is 9.59 Å². The first-order valence-electron chi connectivity index (χ1n) is 14.9. The average Bonchev–Trinajstić information content (AvgIpc) is 2.96. The lowest BCUT2D eigenvalue weighted by molar-refractivity contribution is -0.187. The monoisotopic (exact) mass is 547 g/mol. The zero-order valence-electron chi connectivity index (χ0n) is 25.7. The Hall–Kier alpha value is -2.81. The Morgan fingerprint density at radius 2 is 1.62 bits per heavy atom. The van der Waals surface area contributed by atoms with Gasteiger partial charge in [-0.05, 0) is 30.5 Å². The smallest absolute Gasteiger partial charge is 0.334 e. The minimum atomic E-state index is -0.516. The molecule has 9 nitrogen and oxygen atoms in total. The molecule has 0 spiro atoms. The maximum Gasteiger partial charge on any atom is 0.334 e. The normalized spacial score (nSPS) is 18.9. The van der Waals surface area contributed by atoms with Crippen LogP contribution in [0.25, 0.3) is 0 Å². The fourth-order valence-electron chi connectivity index (χ4n) is 4.91. The van der Waals surface area contributed by atoms with Crippen LogP contribution in [0.15, 0.2) is 24.3 Å². The summed E-state index contributed by atoms with van der Waals surface area (Å²) in [4.78, 5) is 43.4. The third-order valence-electron chi connectivity index (χ3n) is 6.86. The van der Waals surface area contributed by atoms with Crippen LogP contribution in [0.3, 0.4) is 0 Å². The van der Waals surface area contributed by atoms with Crippen molar-refractivity contribution >= 4 is 17.8 Å². The molecule has 2 heterocycles. The van der Waals surface area contributed by atoms with Gasteiger partial charge in [0.25, 0.3) is 0 Å². The maximum absolute atomic E-state index is 13.4. The molecule has 2 fully saturated rings. The van der Waals surface area contributed by atoms with E-state index < -0.39 is 12.2 Å². The van der Waals surface area contributed by atoms with E-state index in [4.69, 9.17) is 4.74 Å². The Morgan fingerprint density at radius 1 is 0.974 bits per heavy atom. The van der Waals surface area contributed by atoms with E-state index in [9.17, 15) is 14.4 Å². The van der Waals surface area contributed by atoms with Crippen molar-refractivity contribution < 1.29 is 19.1 Å². The molecule has 9 heteroatoms. The molecule has 1 aromatic carbocycles. The van der Waals surface area contributed by atoms with E-state index in [0.717, 1.165) is 49.8 Å². The van der Waals surface area contributed by atoms with Gasteiger partial charge in [0.15, 0.2) is 0 Å². The van der Waals surface area contributed by atoms with Gasteiger partial charge in [-0.1, -0.05) is 85.8 Å². The number of carbonyl (C=O) groups excluding carboxylic acids is 3. The first kappa shape index (κ1) is 34.2. The van der Waals surface area contributed by atoms with Crippen molar-refractivity contribution in [1.82, 2.24) is 25.1 Å². The van der Waals surface area contributed by atoms with E-state index >= 15 is 0 Å². The quantitative estimate of drug-likeness (QED) is 0.382. The standard InChI is InChI=1S/C26H41N5O4.2C2H6/c1-5-7-9-10-16-29-18-23-30(22(25(29)33)11-8-6-2)24(32)19-28(3)31(23)26(34)27-17-20-12-14-21(35-4)15-13-20;2*1-2/h12-15,22-23H,5-11,16-19H2,1-4H3,(H,27,34);2*1-2H3/t22-,23?;;/m0../s1. The lowest BCUT2D eigenvalue weighted by atomic mass is 10.0. The van der Waals surface area contributed by atoms with Gasteiger partial charge in [0.2, 0.25) is 11.8 Å². The van der Waals surface area contributed by atoms with Crippen molar-refractivity contribution in [2.75, 3.05) is 33.8 Å². The predicted molar refractivity (Wildman–Crippen MR) is 157 cm³/mol. The van der Waals surface area contributed by atoms with E-state index in [-0.39, 0.29) is 24.4 Å². The van der Waals surface area contributed by atoms with Gasteiger partial charge in [-0.2, -0.15) is 0 Å². The van der Waals surface area contributed by atoms with Crippen LogP contribution in [0.1, 0.15) is 92.1 Å². The Labute approximate surface area is 236 Å². The molecule has 2 aliphatic rings. The minimum Gasteiger partial charge on any atom is -0.497 e. The fourth-order valence-corrected chi connectivity index (χ4v) is 4.91. The van der Waals surface area contributed by atoms with Gasteiger partial charge in [0.05, 0.1) is 20.2 Å². The number of nitrogens with zero attached hydrogens (tertiary/aromatic N) is 4. The zero-order chi connectivity index (χ0) is 29.4. The number of hydrazine groups is 1. The number of rotatable bonds is 11. The molecule has 2 aliphatic heterocycles. The predicted octanol–water partition coefficient (Wildman–Crippen LogP) is 5.26. The summed E-state index contributed by atoms with van der Waals surface area (Å²) >= 11 is 0. The van der Waals surface area contributed by atoms with Crippen LogP contribution in [-0.4, -0.2) is 83.7 Å². The number of urea groups is 1. The number of nitrogens with one attached hydrogen (secondary N) is 1. The number of amides is 4. The number of likely N-dealkylation sites (N-methyl/N-ethyl adjacent to an activating group) is 1. The molecule has 1 unspecified atom stereocenters. The Balaban J connectivity index is 0.00000181. The van der Waals surface area contributed by atoms with Crippen molar-refractivity contribution in [2.24, 2.45) is 0 Å². The number of benzene rings is 1. The zero-order valence-corrected chi connectivity index (χ0v) is 25.7. The van der Waals surface area contributed by atoms with Crippen LogP contribution in [0.5, 0.6) is 5.75 Å². The molecule has 2 atom stereocenters. The topological polar surface area (TPSA) is 85.4 Å². The number of hydrogen-bond donors (Lipinski definition) is 1. The summed E-state index contributed by atoms with van der Waals surface area (Å²) in [6.45, 7) is 13.7. The highest BCUT2D eigenvalue weighted by atomic mass is 16.5. The molecular weight excluding hydrogens is 494 g/mol. The molecule has 0 saturated carbocycles. The minimum absolute atomic E-state index is 0.0164. The highest BCUT2D eigenvalue weighted by Crippen LogP contribution is 2.28. The largest absolute Gasteiger partial charge is 0.497 e.